The highest BCUT2D eigenvalue weighted by molar-refractivity contribution is 5.90. The molecule has 2 heterocycles. The van der Waals surface area contributed by atoms with Gasteiger partial charge in [0.25, 0.3) is 11.7 Å². The fourth-order valence-corrected chi connectivity index (χ4v) is 2.53. The Kier molecular flexibility index (Phi) is 4.46. The van der Waals surface area contributed by atoms with Crippen molar-refractivity contribution in [3.63, 3.8) is 0 Å². The third kappa shape index (κ3) is 3.79. The van der Waals surface area contributed by atoms with Crippen LogP contribution in [0.4, 0.5) is 0 Å². The molecule has 1 atom stereocenters. The number of aliphatic hydroxyl groups excluding tert-OH is 1. The SMILES string of the molecule is Cc1cc(C)n2nc(C(=O)NCC(C)(C)CC(C)O)nc2n1. The van der Waals surface area contributed by atoms with Gasteiger partial charge in [0.15, 0.2) is 0 Å². The van der Waals surface area contributed by atoms with Gasteiger partial charge >= 0.3 is 0 Å². The Morgan fingerprint density at radius 3 is 2.73 bits per heavy atom. The van der Waals surface area contributed by atoms with Gasteiger partial charge in [-0.3, -0.25) is 4.79 Å². The number of rotatable bonds is 5. The van der Waals surface area contributed by atoms with Crippen LogP contribution in [-0.4, -0.2) is 43.2 Å². The molecule has 22 heavy (non-hydrogen) atoms. The fourth-order valence-electron chi connectivity index (χ4n) is 2.53. The van der Waals surface area contributed by atoms with Gasteiger partial charge < -0.3 is 10.4 Å². The molecule has 2 aromatic rings. The zero-order valence-electron chi connectivity index (χ0n) is 13.7. The van der Waals surface area contributed by atoms with Crippen molar-refractivity contribution in [2.75, 3.05) is 6.54 Å². The van der Waals surface area contributed by atoms with Crippen molar-refractivity contribution in [2.24, 2.45) is 5.41 Å². The van der Waals surface area contributed by atoms with Crippen LogP contribution < -0.4 is 5.32 Å². The minimum Gasteiger partial charge on any atom is -0.393 e. The van der Waals surface area contributed by atoms with Gasteiger partial charge in [0.1, 0.15) is 0 Å². The van der Waals surface area contributed by atoms with E-state index in [0.717, 1.165) is 11.4 Å². The summed E-state index contributed by atoms with van der Waals surface area (Å²) in [6.07, 6.45) is 0.196. The highest BCUT2D eigenvalue weighted by atomic mass is 16.3. The number of carbonyl (C=O) groups is 1. The van der Waals surface area contributed by atoms with Crippen LogP contribution in [0.25, 0.3) is 5.78 Å². The lowest BCUT2D eigenvalue weighted by Gasteiger charge is -2.25. The van der Waals surface area contributed by atoms with Gasteiger partial charge in [-0.2, -0.15) is 4.98 Å². The first-order chi connectivity index (χ1) is 10.2. The normalized spacial score (nSPS) is 13.4. The first kappa shape index (κ1) is 16.4. The molecule has 0 fully saturated rings. The van der Waals surface area contributed by atoms with Crippen molar-refractivity contribution in [2.45, 2.75) is 47.1 Å². The molecule has 0 bridgehead atoms. The smallest absolute Gasteiger partial charge is 0.291 e. The van der Waals surface area contributed by atoms with Crippen molar-refractivity contribution in [3.8, 4) is 0 Å². The number of hydrogen-bond acceptors (Lipinski definition) is 5. The fraction of sp³-hybridized carbons (Fsp3) is 0.600. The van der Waals surface area contributed by atoms with E-state index in [0.29, 0.717) is 18.7 Å². The number of aliphatic hydroxyl groups is 1. The maximum Gasteiger partial charge on any atom is 0.291 e. The van der Waals surface area contributed by atoms with Gasteiger partial charge in [0.05, 0.1) is 6.10 Å². The monoisotopic (exact) mass is 305 g/mol. The molecule has 0 aromatic carbocycles. The molecule has 2 N–H and O–H groups in total. The molecule has 0 aliphatic carbocycles. The van der Waals surface area contributed by atoms with Crippen LogP contribution in [-0.2, 0) is 0 Å². The van der Waals surface area contributed by atoms with Crippen LogP contribution in [0, 0.1) is 19.3 Å². The van der Waals surface area contributed by atoms with E-state index in [1.807, 2.05) is 33.8 Å². The summed E-state index contributed by atoms with van der Waals surface area (Å²) in [6.45, 7) is 9.93. The largest absolute Gasteiger partial charge is 0.393 e. The van der Waals surface area contributed by atoms with E-state index in [1.54, 1.807) is 11.4 Å². The average molecular weight is 305 g/mol. The van der Waals surface area contributed by atoms with Gasteiger partial charge in [-0.05, 0) is 38.7 Å². The highest BCUT2D eigenvalue weighted by Gasteiger charge is 2.23. The molecule has 0 aliphatic heterocycles. The lowest BCUT2D eigenvalue weighted by atomic mass is 9.87. The summed E-state index contributed by atoms with van der Waals surface area (Å²) >= 11 is 0. The zero-order chi connectivity index (χ0) is 16.5. The molecular formula is C15H23N5O2. The predicted molar refractivity (Wildman–Crippen MR) is 82.7 cm³/mol. The molecule has 1 unspecified atom stereocenters. The second-order valence-corrected chi connectivity index (χ2v) is 6.59. The third-order valence-corrected chi connectivity index (χ3v) is 3.40. The molecule has 120 valence electrons. The topological polar surface area (TPSA) is 92.4 Å². The number of nitrogens with zero attached hydrogens (tertiary/aromatic N) is 4. The molecule has 7 nitrogen and oxygen atoms in total. The molecule has 0 saturated heterocycles. The standard InChI is InChI=1S/C15H23N5O2/c1-9-6-10(2)20-14(17-9)18-12(19-20)13(22)16-8-15(4,5)7-11(3)21/h6,11,21H,7-8H2,1-5H3,(H,16,22). The maximum absolute atomic E-state index is 12.2. The molecule has 2 aromatic heterocycles. The van der Waals surface area contributed by atoms with Crippen LogP contribution in [0.2, 0.25) is 0 Å². The third-order valence-electron chi connectivity index (χ3n) is 3.40. The van der Waals surface area contributed by atoms with Crippen molar-refractivity contribution < 1.29 is 9.90 Å². The summed E-state index contributed by atoms with van der Waals surface area (Å²) in [5.74, 6) is 0.196. The first-order valence-corrected chi connectivity index (χ1v) is 7.35. The summed E-state index contributed by atoms with van der Waals surface area (Å²) in [5.41, 5.74) is 1.51. The summed E-state index contributed by atoms with van der Waals surface area (Å²) in [5, 5.41) is 16.5. The van der Waals surface area contributed by atoms with Crippen molar-refractivity contribution in [1.82, 2.24) is 24.9 Å². The van der Waals surface area contributed by atoms with E-state index in [9.17, 15) is 9.90 Å². The summed E-state index contributed by atoms with van der Waals surface area (Å²) in [4.78, 5) is 20.6. The maximum atomic E-state index is 12.2. The van der Waals surface area contributed by atoms with E-state index in [-0.39, 0.29) is 17.1 Å². The Morgan fingerprint density at radius 2 is 2.09 bits per heavy atom. The number of hydrogen-bond donors (Lipinski definition) is 2. The lowest BCUT2D eigenvalue weighted by molar-refractivity contribution is 0.0892. The van der Waals surface area contributed by atoms with Crippen LogP contribution in [0.5, 0.6) is 0 Å². The van der Waals surface area contributed by atoms with Crippen molar-refractivity contribution in [3.05, 3.63) is 23.3 Å². The Bertz CT molecular complexity index is 691. The van der Waals surface area contributed by atoms with E-state index < -0.39 is 6.10 Å². The van der Waals surface area contributed by atoms with Crippen LogP contribution >= 0.6 is 0 Å². The minimum absolute atomic E-state index is 0.106. The number of amides is 1. The van der Waals surface area contributed by atoms with Gasteiger partial charge in [-0.1, -0.05) is 13.8 Å². The van der Waals surface area contributed by atoms with Crippen molar-refractivity contribution in [1.29, 1.82) is 0 Å². The molecule has 0 radical (unpaired) electrons. The Balaban J connectivity index is 2.12. The van der Waals surface area contributed by atoms with Gasteiger partial charge in [-0.15, -0.1) is 5.10 Å². The highest BCUT2D eigenvalue weighted by Crippen LogP contribution is 2.21. The summed E-state index contributed by atoms with van der Waals surface area (Å²) < 4.78 is 1.56. The summed E-state index contributed by atoms with van der Waals surface area (Å²) in [7, 11) is 0. The zero-order valence-corrected chi connectivity index (χ0v) is 13.7. The van der Waals surface area contributed by atoms with Crippen LogP contribution in [0.1, 0.15) is 49.2 Å². The number of aryl methyl sites for hydroxylation is 2. The van der Waals surface area contributed by atoms with Gasteiger partial charge in [0, 0.05) is 17.9 Å². The van der Waals surface area contributed by atoms with E-state index in [2.05, 4.69) is 20.4 Å². The molecule has 7 heteroatoms. The molecule has 0 spiro atoms. The number of aromatic nitrogens is 4. The van der Waals surface area contributed by atoms with E-state index >= 15 is 0 Å². The average Bonchev–Trinajstić information content (AvgIpc) is 2.78. The molecule has 2 rings (SSSR count). The second-order valence-electron chi connectivity index (χ2n) is 6.59. The molecule has 0 saturated carbocycles. The molecular weight excluding hydrogens is 282 g/mol. The van der Waals surface area contributed by atoms with Crippen molar-refractivity contribution >= 4 is 11.7 Å². The number of nitrogens with one attached hydrogen (secondary N) is 1. The van der Waals surface area contributed by atoms with Crippen LogP contribution in [0.3, 0.4) is 0 Å². The Labute approximate surface area is 129 Å². The number of carbonyl (C=O) groups excluding carboxylic acids is 1. The van der Waals surface area contributed by atoms with Crippen LogP contribution in [0.15, 0.2) is 6.07 Å². The Hall–Kier alpha value is -2.02. The lowest BCUT2D eigenvalue weighted by Crippen LogP contribution is -2.36. The second kappa shape index (κ2) is 6.00. The Morgan fingerprint density at radius 1 is 1.41 bits per heavy atom. The predicted octanol–water partition coefficient (Wildman–Crippen LogP) is 1.27. The quantitative estimate of drug-likeness (QED) is 0.868. The molecule has 1 amide bonds. The molecule has 0 aliphatic rings. The first-order valence-electron chi connectivity index (χ1n) is 7.35. The van der Waals surface area contributed by atoms with Gasteiger partial charge in [-0.25, -0.2) is 9.50 Å². The summed E-state index contributed by atoms with van der Waals surface area (Å²) in [6, 6.07) is 1.88. The minimum atomic E-state index is -0.407. The van der Waals surface area contributed by atoms with E-state index in [1.165, 1.54) is 0 Å². The van der Waals surface area contributed by atoms with E-state index in [4.69, 9.17) is 0 Å². The van der Waals surface area contributed by atoms with Gasteiger partial charge in [0.2, 0.25) is 5.82 Å². The number of fused-ring (bicyclic) bond motifs is 1.